The van der Waals surface area contributed by atoms with Gasteiger partial charge in [0.15, 0.2) is 0 Å². The predicted octanol–water partition coefficient (Wildman–Crippen LogP) is 2.46. The normalized spacial score (nSPS) is 10.2. The van der Waals surface area contributed by atoms with Gasteiger partial charge in [-0.15, -0.1) is 0 Å². The first-order valence-electron chi connectivity index (χ1n) is 6.24. The molecule has 3 N–H and O–H groups in total. The summed E-state index contributed by atoms with van der Waals surface area (Å²) in [7, 11) is 0. The SMILES string of the molecule is N=C(N)CCN(Cc1cccnc1)c1ncccc1Cl. The number of nitrogens with one attached hydrogen (secondary N) is 1. The summed E-state index contributed by atoms with van der Waals surface area (Å²) in [5.74, 6) is 0.840. The molecule has 20 heavy (non-hydrogen) atoms. The molecular weight excluding hydrogens is 274 g/mol. The van der Waals surface area contributed by atoms with Gasteiger partial charge in [-0.05, 0) is 23.8 Å². The second-order valence-corrected chi connectivity index (χ2v) is 4.77. The summed E-state index contributed by atoms with van der Waals surface area (Å²) in [6.45, 7) is 1.21. The van der Waals surface area contributed by atoms with E-state index in [0.717, 1.165) is 5.56 Å². The van der Waals surface area contributed by atoms with Gasteiger partial charge in [-0.3, -0.25) is 10.4 Å². The molecule has 5 nitrogen and oxygen atoms in total. The van der Waals surface area contributed by atoms with Crippen LogP contribution in [0.4, 0.5) is 5.82 Å². The van der Waals surface area contributed by atoms with Crippen molar-refractivity contribution < 1.29 is 0 Å². The summed E-state index contributed by atoms with van der Waals surface area (Å²) < 4.78 is 0. The molecule has 104 valence electrons. The van der Waals surface area contributed by atoms with Gasteiger partial charge in [-0.25, -0.2) is 4.98 Å². The molecule has 0 aromatic carbocycles. The summed E-state index contributed by atoms with van der Waals surface area (Å²) in [5.41, 5.74) is 6.49. The molecule has 2 heterocycles. The van der Waals surface area contributed by atoms with E-state index < -0.39 is 0 Å². The van der Waals surface area contributed by atoms with E-state index in [9.17, 15) is 0 Å². The van der Waals surface area contributed by atoms with Gasteiger partial charge in [0.1, 0.15) is 5.82 Å². The molecule has 0 spiro atoms. The number of aromatic nitrogens is 2. The fourth-order valence-corrected chi connectivity index (χ4v) is 2.08. The number of amidine groups is 1. The lowest BCUT2D eigenvalue weighted by molar-refractivity contribution is 0.784. The number of halogens is 1. The van der Waals surface area contributed by atoms with Crippen LogP contribution in [0.2, 0.25) is 5.02 Å². The van der Waals surface area contributed by atoms with Crippen LogP contribution in [0.1, 0.15) is 12.0 Å². The van der Waals surface area contributed by atoms with Crippen molar-refractivity contribution in [3.8, 4) is 0 Å². The maximum absolute atomic E-state index is 7.37. The van der Waals surface area contributed by atoms with E-state index in [0.29, 0.717) is 30.4 Å². The number of anilines is 1. The Kier molecular flexibility index (Phi) is 4.90. The van der Waals surface area contributed by atoms with Crippen LogP contribution in [0.15, 0.2) is 42.9 Å². The van der Waals surface area contributed by atoms with E-state index in [-0.39, 0.29) is 5.84 Å². The zero-order valence-electron chi connectivity index (χ0n) is 11.0. The lowest BCUT2D eigenvalue weighted by Crippen LogP contribution is -2.28. The van der Waals surface area contributed by atoms with Crippen LogP contribution >= 0.6 is 11.6 Å². The van der Waals surface area contributed by atoms with Crippen molar-refractivity contribution in [2.45, 2.75) is 13.0 Å². The maximum atomic E-state index is 7.37. The van der Waals surface area contributed by atoms with Crippen molar-refractivity contribution >= 4 is 23.3 Å². The number of nitrogens with two attached hydrogens (primary N) is 1. The monoisotopic (exact) mass is 289 g/mol. The minimum atomic E-state index is 0.147. The lowest BCUT2D eigenvalue weighted by atomic mass is 10.2. The van der Waals surface area contributed by atoms with Crippen LogP contribution in [0.5, 0.6) is 0 Å². The van der Waals surface area contributed by atoms with Crippen LogP contribution in [-0.4, -0.2) is 22.3 Å². The summed E-state index contributed by atoms with van der Waals surface area (Å²) in [4.78, 5) is 10.4. The maximum Gasteiger partial charge on any atom is 0.147 e. The summed E-state index contributed by atoms with van der Waals surface area (Å²) >= 11 is 6.20. The molecule has 0 unspecified atom stereocenters. The van der Waals surface area contributed by atoms with Crippen molar-refractivity contribution in [2.75, 3.05) is 11.4 Å². The topological polar surface area (TPSA) is 78.9 Å². The Morgan fingerprint density at radius 2 is 2.10 bits per heavy atom. The van der Waals surface area contributed by atoms with E-state index in [1.54, 1.807) is 30.7 Å². The predicted molar refractivity (Wildman–Crippen MR) is 81.1 cm³/mol. The molecular formula is C14H16ClN5. The minimum absolute atomic E-state index is 0.147. The molecule has 0 aliphatic heterocycles. The highest BCUT2D eigenvalue weighted by Crippen LogP contribution is 2.24. The highest BCUT2D eigenvalue weighted by molar-refractivity contribution is 6.32. The number of hydrogen-bond acceptors (Lipinski definition) is 4. The molecule has 0 saturated carbocycles. The van der Waals surface area contributed by atoms with E-state index in [4.69, 9.17) is 22.7 Å². The average molecular weight is 290 g/mol. The minimum Gasteiger partial charge on any atom is -0.388 e. The van der Waals surface area contributed by atoms with Gasteiger partial charge in [0.25, 0.3) is 0 Å². The molecule has 0 bridgehead atoms. The summed E-state index contributed by atoms with van der Waals surface area (Å²) in [5, 5.41) is 7.95. The quantitative estimate of drug-likeness (QED) is 0.632. The van der Waals surface area contributed by atoms with Gasteiger partial charge in [0.05, 0.1) is 10.9 Å². The van der Waals surface area contributed by atoms with Crippen LogP contribution in [-0.2, 0) is 6.54 Å². The van der Waals surface area contributed by atoms with Crippen LogP contribution in [0.3, 0.4) is 0 Å². The molecule has 6 heteroatoms. The van der Waals surface area contributed by atoms with Gasteiger partial charge in [0, 0.05) is 38.1 Å². The Balaban J connectivity index is 2.20. The van der Waals surface area contributed by atoms with E-state index >= 15 is 0 Å². The largest absolute Gasteiger partial charge is 0.388 e. The van der Waals surface area contributed by atoms with E-state index in [2.05, 4.69) is 9.97 Å². The van der Waals surface area contributed by atoms with Crippen molar-refractivity contribution in [1.82, 2.24) is 9.97 Å². The summed E-state index contributed by atoms with van der Waals surface area (Å²) in [6, 6.07) is 7.47. The third kappa shape index (κ3) is 3.93. The molecule has 0 atom stereocenters. The first-order chi connectivity index (χ1) is 9.66. The Morgan fingerprint density at radius 1 is 1.30 bits per heavy atom. The number of hydrogen-bond donors (Lipinski definition) is 2. The molecule has 2 aromatic rings. The Hall–Kier alpha value is -2.14. The zero-order valence-corrected chi connectivity index (χ0v) is 11.7. The standard InChI is InChI=1S/C14H16ClN5/c15-12-4-2-7-19-14(12)20(8-5-13(16)17)10-11-3-1-6-18-9-11/h1-4,6-7,9H,5,8,10H2,(H3,16,17). The summed E-state index contributed by atoms with van der Waals surface area (Å²) in [6.07, 6.45) is 5.70. The third-order valence-corrected chi connectivity index (χ3v) is 3.08. The van der Waals surface area contributed by atoms with Gasteiger partial charge >= 0.3 is 0 Å². The molecule has 0 saturated heterocycles. The Labute approximate surface area is 122 Å². The Morgan fingerprint density at radius 3 is 2.75 bits per heavy atom. The smallest absolute Gasteiger partial charge is 0.147 e. The van der Waals surface area contributed by atoms with Gasteiger partial charge < -0.3 is 10.6 Å². The molecule has 0 amide bonds. The van der Waals surface area contributed by atoms with Crippen molar-refractivity contribution in [1.29, 1.82) is 5.41 Å². The molecule has 0 aliphatic rings. The van der Waals surface area contributed by atoms with E-state index in [1.807, 2.05) is 17.0 Å². The molecule has 0 aliphatic carbocycles. The molecule has 0 radical (unpaired) electrons. The highest BCUT2D eigenvalue weighted by Gasteiger charge is 2.12. The van der Waals surface area contributed by atoms with Crippen LogP contribution in [0.25, 0.3) is 0 Å². The molecule has 0 fully saturated rings. The lowest BCUT2D eigenvalue weighted by Gasteiger charge is -2.24. The van der Waals surface area contributed by atoms with Crippen molar-refractivity contribution in [3.63, 3.8) is 0 Å². The fraction of sp³-hybridized carbons (Fsp3) is 0.214. The highest BCUT2D eigenvalue weighted by atomic mass is 35.5. The first kappa shape index (κ1) is 14.3. The Bertz CT molecular complexity index is 573. The second kappa shape index (κ2) is 6.86. The average Bonchev–Trinajstić information content (AvgIpc) is 2.45. The second-order valence-electron chi connectivity index (χ2n) is 4.37. The molecule has 2 aromatic heterocycles. The zero-order chi connectivity index (χ0) is 14.4. The van der Waals surface area contributed by atoms with Crippen molar-refractivity contribution in [3.05, 3.63) is 53.4 Å². The first-order valence-corrected chi connectivity index (χ1v) is 6.62. The van der Waals surface area contributed by atoms with E-state index in [1.165, 1.54) is 0 Å². The van der Waals surface area contributed by atoms with Crippen LogP contribution in [0, 0.1) is 5.41 Å². The van der Waals surface area contributed by atoms with Gasteiger partial charge in [0.2, 0.25) is 0 Å². The number of rotatable bonds is 6. The fourth-order valence-electron chi connectivity index (χ4n) is 1.84. The van der Waals surface area contributed by atoms with Gasteiger partial charge in [-0.2, -0.15) is 0 Å². The number of nitrogens with zero attached hydrogens (tertiary/aromatic N) is 3. The third-order valence-electron chi connectivity index (χ3n) is 2.79. The van der Waals surface area contributed by atoms with Crippen LogP contribution < -0.4 is 10.6 Å². The molecule has 2 rings (SSSR count). The number of pyridine rings is 2. The van der Waals surface area contributed by atoms with Crippen molar-refractivity contribution in [2.24, 2.45) is 5.73 Å². The van der Waals surface area contributed by atoms with Gasteiger partial charge in [-0.1, -0.05) is 17.7 Å².